The highest BCUT2D eigenvalue weighted by atomic mass is 16.1. The number of hydrogen-bond acceptors (Lipinski definition) is 3. The van der Waals surface area contributed by atoms with Crippen LogP contribution in [0.1, 0.15) is 54.2 Å². The van der Waals surface area contributed by atoms with E-state index in [1.165, 1.54) is 0 Å². The Morgan fingerprint density at radius 3 is 2.19 bits per heavy atom. The van der Waals surface area contributed by atoms with Crippen LogP contribution in [0.3, 0.4) is 0 Å². The summed E-state index contributed by atoms with van der Waals surface area (Å²) in [5.41, 5.74) is 2.50. The minimum Gasteiger partial charge on any atom is -0.294 e. The molecule has 0 atom stereocenters. The van der Waals surface area contributed by atoms with Gasteiger partial charge in [-0.25, -0.2) is 0 Å². The van der Waals surface area contributed by atoms with Crippen LogP contribution in [-0.2, 0) is 0 Å². The smallest absolute Gasteiger partial charge is 0.195 e. The number of allylic oxidation sites excluding steroid dienone is 1. The first-order valence-electron chi connectivity index (χ1n) is 6.73. The molecule has 0 heterocycles. The molecule has 0 aliphatic heterocycles. The molecule has 2 aromatic carbocycles. The van der Waals surface area contributed by atoms with E-state index in [-0.39, 0.29) is 29.3 Å². The molecule has 4 rings (SSSR count). The highest BCUT2D eigenvalue weighted by Gasteiger charge is 2.34. The van der Waals surface area contributed by atoms with Crippen molar-refractivity contribution in [3.8, 4) is 0 Å². The molecule has 0 unspecified atom stereocenters. The Kier molecular flexibility index (Phi) is 2.33. The second-order valence-corrected chi connectivity index (χ2v) is 5.19. The van der Waals surface area contributed by atoms with E-state index in [1.54, 1.807) is 42.5 Å². The van der Waals surface area contributed by atoms with Gasteiger partial charge in [-0.05, 0) is 11.6 Å². The molecule has 0 saturated carbocycles. The summed E-state index contributed by atoms with van der Waals surface area (Å²) < 4.78 is 0. The topological polar surface area (TPSA) is 51.2 Å². The predicted molar refractivity (Wildman–Crippen MR) is 77.7 cm³/mol. The van der Waals surface area contributed by atoms with E-state index < -0.39 is 0 Å². The second-order valence-electron chi connectivity index (χ2n) is 5.19. The summed E-state index contributed by atoms with van der Waals surface area (Å²) in [5.74, 6) is -0.532. The lowest BCUT2D eigenvalue weighted by Crippen LogP contribution is -2.25. The molecule has 0 amide bonds. The Balaban J connectivity index is 2.09. The standard InChI is InChI=1S/C18H10O3/c19-14-7-3-4-10-8-9-13-16(15(10)14)18(21)12-6-2-1-5-11(12)17(13)20/h1-6,8-9H,7H2. The highest BCUT2D eigenvalue weighted by Crippen LogP contribution is 2.33. The summed E-state index contributed by atoms with van der Waals surface area (Å²) in [6.07, 6.45) is 3.88. The average molecular weight is 274 g/mol. The summed E-state index contributed by atoms with van der Waals surface area (Å²) in [6.45, 7) is 0. The van der Waals surface area contributed by atoms with Crippen molar-refractivity contribution in [1.29, 1.82) is 0 Å². The van der Waals surface area contributed by atoms with Crippen molar-refractivity contribution in [2.24, 2.45) is 0 Å². The first kappa shape index (κ1) is 12.0. The van der Waals surface area contributed by atoms with E-state index >= 15 is 0 Å². The van der Waals surface area contributed by atoms with Crippen LogP contribution in [0.25, 0.3) is 6.08 Å². The van der Waals surface area contributed by atoms with Crippen LogP contribution in [0.2, 0.25) is 0 Å². The predicted octanol–water partition coefficient (Wildman–Crippen LogP) is 3.06. The Hall–Kier alpha value is -2.81. The Labute approximate surface area is 120 Å². The average Bonchev–Trinajstić information content (AvgIpc) is 2.52. The number of Topliss-reactive ketones (excluding diaryl/α,β-unsaturated/α-hetero) is 1. The Morgan fingerprint density at radius 1 is 0.714 bits per heavy atom. The maximum Gasteiger partial charge on any atom is 0.195 e. The van der Waals surface area contributed by atoms with E-state index in [2.05, 4.69) is 0 Å². The molecule has 0 fully saturated rings. The molecule has 100 valence electrons. The van der Waals surface area contributed by atoms with Crippen LogP contribution in [0.5, 0.6) is 0 Å². The maximum atomic E-state index is 12.7. The van der Waals surface area contributed by atoms with Gasteiger partial charge >= 0.3 is 0 Å². The van der Waals surface area contributed by atoms with Gasteiger partial charge < -0.3 is 0 Å². The monoisotopic (exact) mass is 274 g/mol. The van der Waals surface area contributed by atoms with Gasteiger partial charge in [0, 0.05) is 34.2 Å². The molecular weight excluding hydrogens is 264 g/mol. The van der Waals surface area contributed by atoms with Crippen molar-refractivity contribution in [3.63, 3.8) is 0 Å². The molecule has 2 aliphatic rings. The largest absolute Gasteiger partial charge is 0.294 e. The first-order chi connectivity index (χ1) is 10.2. The normalized spacial score (nSPS) is 15.5. The van der Waals surface area contributed by atoms with Crippen LogP contribution in [0, 0.1) is 0 Å². The van der Waals surface area contributed by atoms with Crippen molar-refractivity contribution < 1.29 is 14.4 Å². The molecule has 3 nitrogen and oxygen atoms in total. The fourth-order valence-corrected chi connectivity index (χ4v) is 3.04. The van der Waals surface area contributed by atoms with Crippen molar-refractivity contribution in [3.05, 3.63) is 75.9 Å². The molecule has 3 heteroatoms. The lowest BCUT2D eigenvalue weighted by atomic mass is 9.78. The number of rotatable bonds is 0. The van der Waals surface area contributed by atoms with Gasteiger partial charge in [0.1, 0.15) is 0 Å². The van der Waals surface area contributed by atoms with Gasteiger partial charge in [0.2, 0.25) is 0 Å². The van der Waals surface area contributed by atoms with Gasteiger partial charge in [-0.1, -0.05) is 42.5 Å². The van der Waals surface area contributed by atoms with Crippen LogP contribution in [-0.4, -0.2) is 17.3 Å². The molecule has 0 saturated heterocycles. The van der Waals surface area contributed by atoms with Gasteiger partial charge in [-0.2, -0.15) is 0 Å². The third-order valence-electron chi connectivity index (χ3n) is 4.01. The summed E-state index contributed by atoms with van der Waals surface area (Å²) in [7, 11) is 0. The molecule has 0 spiro atoms. The van der Waals surface area contributed by atoms with Crippen molar-refractivity contribution in [2.75, 3.05) is 0 Å². The SMILES string of the molecule is O=C1c2ccccc2C(=O)c2c1ccc1c2C(=O)CC=C1. The quantitative estimate of drug-likeness (QED) is 0.633. The third kappa shape index (κ3) is 1.51. The van der Waals surface area contributed by atoms with Crippen molar-refractivity contribution in [1.82, 2.24) is 0 Å². The number of hydrogen-bond donors (Lipinski definition) is 0. The van der Waals surface area contributed by atoms with Gasteiger partial charge in [-0.3, -0.25) is 14.4 Å². The van der Waals surface area contributed by atoms with E-state index in [1.807, 2.05) is 6.08 Å². The summed E-state index contributed by atoms with van der Waals surface area (Å²) in [4.78, 5) is 37.5. The second kappa shape index (κ2) is 4.09. The number of carbonyl (C=O) groups is 3. The maximum absolute atomic E-state index is 12.7. The zero-order valence-corrected chi connectivity index (χ0v) is 11.1. The lowest BCUT2D eigenvalue weighted by Gasteiger charge is -2.22. The summed E-state index contributed by atoms with van der Waals surface area (Å²) >= 11 is 0. The molecule has 0 bridgehead atoms. The Bertz CT molecular complexity index is 872. The number of carbonyl (C=O) groups excluding carboxylic acids is 3. The van der Waals surface area contributed by atoms with Crippen LogP contribution in [0.15, 0.2) is 42.5 Å². The number of benzene rings is 2. The van der Waals surface area contributed by atoms with Gasteiger partial charge in [0.25, 0.3) is 0 Å². The number of fused-ring (bicyclic) bond motifs is 4. The summed E-state index contributed by atoms with van der Waals surface area (Å²) in [5, 5.41) is 0. The van der Waals surface area contributed by atoms with Crippen LogP contribution >= 0.6 is 0 Å². The minimum absolute atomic E-state index is 0.107. The van der Waals surface area contributed by atoms with Gasteiger partial charge in [0.05, 0.1) is 0 Å². The molecule has 0 radical (unpaired) electrons. The fraction of sp³-hybridized carbons (Fsp3) is 0.0556. The zero-order valence-electron chi connectivity index (χ0n) is 11.1. The van der Waals surface area contributed by atoms with Gasteiger partial charge in [0.15, 0.2) is 17.3 Å². The zero-order chi connectivity index (χ0) is 14.6. The summed E-state index contributed by atoms with van der Waals surface area (Å²) in [6, 6.07) is 10.1. The van der Waals surface area contributed by atoms with Crippen LogP contribution in [0.4, 0.5) is 0 Å². The van der Waals surface area contributed by atoms with Crippen LogP contribution < -0.4 is 0 Å². The minimum atomic E-state index is -0.235. The molecule has 0 N–H and O–H groups in total. The Morgan fingerprint density at radius 2 is 1.43 bits per heavy atom. The molecular formula is C18H10O3. The molecule has 0 aromatic heterocycles. The molecule has 21 heavy (non-hydrogen) atoms. The van der Waals surface area contributed by atoms with E-state index in [4.69, 9.17) is 0 Å². The van der Waals surface area contributed by atoms with E-state index in [9.17, 15) is 14.4 Å². The van der Waals surface area contributed by atoms with E-state index in [0.717, 1.165) is 0 Å². The third-order valence-corrected chi connectivity index (χ3v) is 4.01. The van der Waals surface area contributed by atoms with Gasteiger partial charge in [-0.15, -0.1) is 0 Å². The van der Waals surface area contributed by atoms with E-state index in [0.29, 0.717) is 27.8 Å². The van der Waals surface area contributed by atoms with Crippen molar-refractivity contribution >= 4 is 23.4 Å². The molecule has 2 aromatic rings. The lowest BCUT2D eigenvalue weighted by molar-refractivity contribution is 0.0961. The molecule has 2 aliphatic carbocycles. The first-order valence-corrected chi connectivity index (χ1v) is 6.73. The highest BCUT2D eigenvalue weighted by molar-refractivity contribution is 6.31. The fourth-order valence-electron chi connectivity index (χ4n) is 3.04. The number of ketones is 3. The van der Waals surface area contributed by atoms with Crippen molar-refractivity contribution in [2.45, 2.75) is 6.42 Å².